The van der Waals surface area contributed by atoms with Crippen molar-refractivity contribution in [2.75, 3.05) is 44.7 Å². The Kier molecular flexibility index (Phi) is 7.53. The SMILES string of the molecule is CC[C@@H](CNC(=O)[C@H](C)N1CCN(c2ccccc2OC)CC1)c1ccccc1. The molecular formula is C24H33N3O2. The van der Waals surface area contributed by atoms with E-state index in [0.717, 1.165) is 44.0 Å². The molecule has 3 rings (SSSR count). The van der Waals surface area contributed by atoms with Crippen LogP contribution in [0.15, 0.2) is 54.6 Å². The lowest BCUT2D eigenvalue weighted by Gasteiger charge is -2.39. The number of hydrogen-bond donors (Lipinski definition) is 1. The van der Waals surface area contributed by atoms with E-state index in [1.165, 1.54) is 5.56 Å². The fraction of sp³-hybridized carbons (Fsp3) is 0.458. The van der Waals surface area contributed by atoms with Gasteiger partial charge in [0.15, 0.2) is 0 Å². The average Bonchev–Trinajstić information content (AvgIpc) is 2.79. The summed E-state index contributed by atoms with van der Waals surface area (Å²) in [5, 5.41) is 3.18. The molecule has 156 valence electrons. The van der Waals surface area contributed by atoms with Gasteiger partial charge in [0, 0.05) is 38.6 Å². The van der Waals surface area contributed by atoms with Gasteiger partial charge in [0.25, 0.3) is 0 Å². The summed E-state index contributed by atoms with van der Waals surface area (Å²) in [6, 6.07) is 18.4. The first kappa shape index (κ1) is 21.2. The van der Waals surface area contributed by atoms with Crippen molar-refractivity contribution in [3.63, 3.8) is 0 Å². The molecule has 2 aromatic rings. The Labute approximate surface area is 174 Å². The number of methoxy groups -OCH3 is 1. The molecule has 2 atom stereocenters. The molecule has 0 aromatic heterocycles. The summed E-state index contributed by atoms with van der Waals surface area (Å²) in [6.07, 6.45) is 1.01. The van der Waals surface area contributed by atoms with Gasteiger partial charge in [-0.3, -0.25) is 9.69 Å². The number of carbonyl (C=O) groups excluding carboxylic acids is 1. The molecule has 29 heavy (non-hydrogen) atoms. The van der Waals surface area contributed by atoms with Crippen LogP contribution in [0.4, 0.5) is 5.69 Å². The molecule has 1 aliphatic rings. The second-order valence-electron chi connectivity index (χ2n) is 7.63. The minimum Gasteiger partial charge on any atom is -0.495 e. The minimum absolute atomic E-state index is 0.116. The van der Waals surface area contributed by atoms with Crippen molar-refractivity contribution >= 4 is 11.6 Å². The molecule has 1 aliphatic heterocycles. The van der Waals surface area contributed by atoms with Gasteiger partial charge in [0.1, 0.15) is 5.75 Å². The van der Waals surface area contributed by atoms with Gasteiger partial charge in [-0.05, 0) is 31.0 Å². The highest BCUT2D eigenvalue weighted by Gasteiger charge is 2.26. The Balaban J connectivity index is 1.51. The van der Waals surface area contributed by atoms with Crippen LogP contribution >= 0.6 is 0 Å². The van der Waals surface area contributed by atoms with Crippen LogP contribution in [0.3, 0.4) is 0 Å². The standard InChI is InChI=1S/C24H33N3O2/c1-4-20(21-10-6-5-7-11-21)18-25-24(28)19(2)26-14-16-27(17-15-26)22-12-8-9-13-23(22)29-3/h5-13,19-20H,4,14-18H2,1-3H3,(H,25,28)/t19-,20-/m0/s1. The summed E-state index contributed by atoms with van der Waals surface area (Å²) < 4.78 is 5.49. The monoisotopic (exact) mass is 395 g/mol. The summed E-state index contributed by atoms with van der Waals surface area (Å²) in [6.45, 7) is 8.37. The summed E-state index contributed by atoms with van der Waals surface area (Å²) in [5.74, 6) is 1.37. The first-order valence-electron chi connectivity index (χ1n) is 10.6. The number of piperazine rings is 1. The second-order valence-corrected chi connectivity index (χ2v) is 7.63. The Hall–Kier alpha value is -2.53. The molecule has 0 unspecified atom stereocenters. The zero-order valence-electron chi connectivity index (χ0n) is 17.8. The van der Waals surface area contributed by atoms with Crippen molar-refractivity contribution in [2.45, 2.75) is 32.2 Å². The number of nitrogens with one attached hydrogen (secondary N) is 1. The Bertz CT molecular complexity index is 773. The van der Waals surface area contributed by atoms with Crippen molar-refractivity contribution < 1.29 is 9.53 Å². The predicted molar refractivity (Wildman–Crippen MR) is 119 cm³/mol. The van der Waals surface area contributed by atoms with Gasteiger partial charge in [-0.2, -0.15) is 0 Å². The predicted octanol–water partition coefficient (Wildman–Crippen LogP) is 3.52. The fourth-order valence-corrected chi connectivity index (χ4v) is 4.00. The molecule has 1 N–H and O–H groups in total. The fourth-order valence-electron chi connectivity index (χ4n) is 4.00. The van der Waals surface area contributed by atoms with Crippen molar-refractivity contribution in [1.29, 1.82) is 0 Å². The number of carbonyl (C=O) groups is 1. The van der Waals surface area contributed by atoms with E-state index in [-0.39, 0.29) is 11.9 Å². The number of ether oxygens (including phenoxy) is 1. The van der Waals surface area contributed by atoms with Crippen LogP contribution in [0.5, 0.6) is 5.75 Å². The number of amides is 1. The van der Waals surface area contributed by atoms with Crippen molar-refractivity contribution in [3.8, 4) is 5.75 Å². The van der Waals surface area contributed by atoms with Crippen LogP contribution in [0.2, 0.25) is 0 Å². The van der Waals surface area contributed by atoms with Gasteiger partial charge in [-0.1, -0.05) is 49.4 Å². The van der Waals surface area contributed by atoms with E-state index >= 15 is 0 Å². The van der Waals surface area contributed by atoms with E-state index in [0.29, 0.717) is 12.5 Å². The maximum Gasteiger partial charge on any atom is 0.237 e. The van der Waals surface area contributed by atoms with Gasteiger partial charge < -0.3 is 15.0 Å². The normalized spacial score (nSPS) is 16.9. The lowest BCUT2D eigenvalue weighted by molar-refractivity contribution is -0.126. The van der Waals surface area contributed by atoms with Crippen LogP contribution in [-0.4, -0.2) is 56.7 Å². The molecule has 1 fully saturated rings. The van der Waals surface area contributed by atoms with Crippen molar-refractivity contribution in [3.05, 3.63) is 60.2 Å². The summed E-state index contributed by atoms with van der Waals surface area (Å²) in [7, 11) is 1.71. The third-order valence-corrected chi connectivity index (χ3v) is 5.95. The molecule has 1 amide bonds. The maximum atomic E-state index is 12.8. The smallest absolute Gasteiger partial charge is 0.237 e. The van der Waals surface area contributed by atoms with Crippen LogP contribution in [0.1, 0.15) is 31.7 Å². The van der Waals surface area contributed by atoms with Gasteiger partial charge in [-0.15, -0.1) is 0 Å². The first-order chi connectivity index (χ1) is 14.1. The first-order valence-corrected chi connectivity index (χ1v) is 10.6. The molecule has 5 nitrogen and oxygen atoms in total. The highest BCUT2D eigenvalue weighted by atomic mass is 16.5. The summed E-state index contributed by atoms with van der Waals surface area (Å²) >= 11 is 0. The van der Waals surface area contributed by atoms with Gasteiger partial charge >= 0.3 is 0 Å². The molecule has 0 aliphatic carbocycles. The van der Waals surface area contributed by atoms with Crippen LogP contribution in [0.25, 0.3) is 0 Å². The molecular weight excluding hydrogens is 362 g/mol. The number of para-hydroxylation sites is 2. The van der Waals surface area contributed by atoms with E-state index in [1.54, 1.807) is 7.11 Å². The summed E-state index contributed by atoms with van der Waals surface area (Å²) in [4.78, 5) is 17.4. The van der Waals surface area contributed by atoms with E-state index in [1.807, 2.05) is 31.2 Å². The molecule has 5 heteroatoms. The lowest BCUT2D eigenvalue weighted by atomic mass is 9.96. The Morgan fingerprint density at radius 1 is 1.03 bits per heavy atom. The molecule has 0 radical (unpaired) electrons. The zero-order chi connectivity index (χ0) is 20.6. The maximum absolute atomic E-state index is 12.8. The third kappa shape index (κ3) is 5.30. The van der Waals surface area contributed by atoms with Gasteiger partial charge in [0.05, 0.1) is 18.8 Å². The molecule has 0 bridgehead atoms. The minimum atomic E-state index is -0.122. The van der Waals surface area contributed by atoms with Gasteiger partial charge in [-0.25, -0.2) is 0 Å². The Morgan fingerprint density at radius 3 is 2.34 bits per heavy atom. The largest absolute Gasteiger partial charge is 0.495 e. The van der Waals surface area contributed by atoms with E-state index in [9.17, 15) is 4.79 Å². The van der Waals surface area contributed by atoms with Crippen LogP contribution < -0.4 is 15.0 Å². The highest BCUT2D eigenvalue weighted by Crippen LogP contribution is 2.28. The lowest BCUT2D eigenvalue weighted by Crippen LogP contribution is -2.54. The summed E-state index contributed by atoms with van der Waals surface area (Å²) in [5.41, 5.74) is 2.41. The number of anilines is 1. The van der Waals surface area contributed by atoms with E-state index in [2.05, 4.69) is 52.4 Å². The van der Waals surface area contributed by atoms with E-state index in [4.69, 9.17) is 4.74 Å². The van der Waals surface area contributed by atoms with Crippen LogP contribution in [0, 0.1) is 0 Å². The third-order valence-electron chi connectivity index (χ3n) is 5.95. The number of benzene rings is 2. The molecule has 0 spiro atoms. The zero-order valence-corrected chi connectivity index (χ0v) is 17.8. The number of rotatable bonds is 8. The van der Waals surface area contributed by atoms with Crippen molar-refractivity contribution in [2.24, 2.45) is 0 Å². The average molecular weight is 396 g/mol. The van der Waals surface area contributed by atoms with Gasteiger partial charge in [0.2, 0.25) is 5.91 Å². The van der Waals surface area contributed by atoms with Crippen LogP contribution in [-0.2, 0) is 4.79 Å². The molecule has 0 saturated carbocycles. The molecule has 2 aromatic carbocycles. The van der Waals surface area contributed by atoms with Crippen molar-refractivity contribution in [1.82, 2.24) is 10.2 Å². The molecule has 1 saturated heterocycles. The van der Waals surface area contributed by atoms with E-state index < -0.39 is 0 Å². The number of hydrogen-bond acceptors (Lipinski definition) is 4. The second kappa shape index (κ2) is 10.3. The number of nitrogens with zero attached hydrogens (tertiary/aromatic N) is 2. The Morgan fingerprint density at radius 2 is 1.69 bits per heavy atom. The topological polar surface area (TPSA) is 44.8 Å². The molecule has 1 heterocycles. The quantitative estimate of drug-likeness (QED) is 0.743. The highest BCUT2D eigenvalue weighted by molar-refractivity contribution is 5.81.